The lowest BCUT2D eigenvalue weighted by atomic mass is 9.69. The van der Waals surface area contributed by atoms with Crippen molar-refractivity contribution < 1.29 is 4.74 Å². The van der Waals surface area contributed by atoms with Crippen LogP contribution in [-0.2, 0) is 4.74 Å². The molecule has 0 saturated carbocycles. The molecule has 0 aromatic heterocycles. The Hall–Kier alpha value is -0.300. The molecule has 94 valence electrons. The molecule has 0 N–H and O–H groups in total. The summed E-state index contributed by atoms with van der Waals surface area (Å²) < 4.78 is 5.83. The van der Waals surface area contributed by atoms with Crippen molar-refractivity contribution in [2.45, 2.75) is 66.4 Å². The summed E-state index contributed by atoms with van der Waals surface area (Å²) in [6.07, 6.45) is 7.93. The zero-order valence-corrected chi connectivity index (χ0v) is 11.7. The average Bonchev–Trinajstić information content (AvgIpc) is 2.28. The Kier molecular flexibility index (Phi) is 5.04. The van der Waals surface area contributed by atoms with Gasteiger partial charge in [-0.15, -0.1) is 0 Å². The van der Waals surface area contributed by atoms with Gasteiger partial charge in [0.1, 0.15) is 0 Å². The molecular formula is C15H28O. The summed E-state index contributed by atoms with van der Waals surface area (Å²) in [4.78, 5) is 0. The molecule has 0 heterocycles. The van der Waals surface area contributed by atoms with Crippen molar-refractivity contribution in [3.63, 3.8) is 0 Å². The van der Waals surface area contributed by atoms with E-state index in [1.807, 2.05) is 0 Å². The van der Waals surface area contributed by atoms with Gasteiger partial charge in [0.2, 0.25) is 0 Å². The summed E-state index contributed by atoms with van der Waals surface area (Å²) in [5.74, 6) is 0.854. The fourth-order valence-electron chi connectivity index (χ4n) is 2.91. The third kappa shape index (κ3) is 3.10. The third-order valence-corrected chi connectivity index (χ3v) is 4.19. The van der Waals surface area contributed by atoms with Gasteiger partial charge in [-0.25, -0.2) is 0 Å². The molecule has 3 unspecified atom stereocenters. The quantitative estimate of drug-likeness (QED) is 0.621. The minimum absolute atomic E-state index is 0.250. The Morgan fingerprint density at radius 1 is 1.44 bits per heavy atom. The van der Waals surface area contributed by atoms with E-state index in [2.05, 4.69) is 40.7 Å². The Labute approximate surface area is 101 Å². The highest BCUT2D eigenvalue weighted by atomic mass is 16.5. The van der Waals surface area contributed by atoms with Gasteiger partial charge in [0, 0.05) is 12.0 Å². The summed E-state index contributed by atoms with van der Waals surface area (Å²) in [6, 6.07) is 0. The Morgan fingerprint density at radius 2 is 2.12 bits per heavy atom. The van der Waals surface area contributed by atoms with Crippen LogP contribution in [0.25, 0.3) is 0 Å². The second-order valence-electron chi connectivity index (χ2n) is 5.44. The second-order valence-corrected chi connectivity index (χ2v) is 5.44. The van der Waals surface area contributed by atoms with Gasteiger partial charge in [0.05, 0.1) is 6.10 Å². The van der Waals surface area contributed by atoms with Gasteiger partial charge < -0.3 is 4.74 Å². The minimum atomic E-state index is 0.250. The van der Waals surface area contributed by atoms with Crippen LogP contribution in [0, 0.1) is 11.3 Å². The van der Waals surface area contributed by atoms with E-state index in [0.717, 1.165) is 12.5 Å². The van der Waals surface area contributed by atoms with Crippen LogP contribution in [0.3, 0.4) is 0 Å². The van der Waals surface area contributed by atoms with Crippen molar-refractivity contribution in [1.82, 2.24) is 0 Å². The fraction of sp³-hybridized carbons (Fsp3) is 0.867. The summed E-state index contributed by atoms with van der Waals surface area (Å²) in [6.45, 7) is 12.1. The van der Waals surface area contributed by atoms with Crippen molar-refractivity contribution in [1.29, 1.82) is 0 Å². The molecule has 0 radical (unpaired) electrons. The van der Waals surface area contributed by atoms with Gasteiger partial charge in [-0.3, -0.25) is 0 Å². The molecule has 1 aliphatic rings. The first kappa shape index (κ1) is 13.8. The second kappa shape index (κ2) is 5.86. The van der Waals surface area contributed by atoms with Crippen LogP contribution in [-0.4, -0.2) is 12.7 Å². The van der Waals surface area contributed by atoms with Crippen LogP contribution in [0.5, 0.6) is 0 Å². The first-order valence-corrected chi connectivity index (χ1v) is 6.87. The van der Waals surface area contributed by atoms with Gasteiger partial charge in [0.15, 0.2) is 0 Å². The lowest BCUT2D eigenvalue weighted by Gasteiger charge is -2.40. The van der Waals surface area contributed by atoms with E-state index >= 15 is 0 Å². The molecule has 0 saturated heterocycles. The van der Waals surface area contributed by atoms with Crippen LogP contribution in [0.2, 0.25) is 0 Å². The van der Waals surface area contributed by atoms with E-state index < -0.39 is 0 Å². The van der Waals surface area contributed by atoms with Crippen LogP contribution in [0.4, 0.5) is 0 Å². The molecule has 0 spiro atoms. The zero-order valence-electron chi connectivity index (χ0n) is 11.7. The molecular weight excluding hydrogens is 196 g/mol. The smallest absolute Gasteiger partial charge is 0.0634 e. The Morgan fingerprint density at radius 3 is 2.62 bits per heavy atom. The van der Waals surface area contributed by atoms with Crippen molar-refractivity contribution in [2.75, 3.05) is 6.61 Å². The highest BCUT2D eigenvalue weighted by molar-refractivity contribution is 5.15. The van der Waals surface area contributed by atoms with E-state index in [9.17, 15) is 0 Å². The fourth-order valence-corrected chi connectivity index (χ4v) is 2.91. The van der Waals surface area contributed by atoms with Crippen LogP contribution in [0.1, 0.15) is 60.3 Å². The molecule has 16 heavy (non-hydrogen) atoms. The van der Waals surface area contributed by atoms with Gasteiger partial charge in [-0.1, -0.05) is 38.8 Å². The summed E-state index contributed by atoms with van der Waals surface area (Å²) in [5, 5.41) is 0. The number of ether oxygens (including phenoxy) is 1. The lowest BCUT2D eigenvalue weighted by Crippen LogP contribution is -2.35. The predicted octanol–water partition coefficient (Wildman–Crippen LogP) is 4.57. The summed E-state index contributed by atoms with van der Waals surface area (Å²) in [5.41, 5.74) is 1.88. The molecule has 1 nitrogen and oxygen atoms in total. The predicted molar refractivity (Wildman–Crippen MR) is 70.6 cm³/mol. The average molecular weight is 224 g/mol. The zero-order chi connectivity index (χ0) is 12.2. The molecule has 1 heteroatoms. The molecule has 1 rings (SSSR count). The molecule has 0 fully saturated rings. The van der Waals surface area contributed by atoms with Crippen molar-refractivity contribution in [3.8, 4) is 0 Å². The van der Waals surface area contributed by atoms with E-state index in [4.69, 9.17) is 4.74 Å². The monoisotopic (exact) mass is 224 g/mol. The standard InChI is InChI=1S/C15H28O/c1-6-13-9-14(7-2)11-15(5,10-13)12(4)16-8-3/h10,12,14H,6-9,11H2,1-5H3. The maximum absolute atomic E-state index is 5.83. The van der Waals surface area contributed by atoms with E-state index in [-0.39, 0.29) is 5.41 Å². The van der Waals surface area contributed by atoms with Gasteiger partial charge >= 0.3 is 0 Å². The normalized spacial score (nSPS) is 32.3. The SMILES string of the molecule is CCOC(C)C1(C)C=C(CC)CC(CC)C1. The Bertz CT molecular complexity index is 244. The number of rotatable bonds is 5. The molecule has 0 aliphatic heterocycles. The largest absolute Gasteiger partial charge is 0.378 e. The summed E-state index contributed by atoms with van der Waals surface area (Å²) in [7, 11) is 0. The first-order valence-electron chi connectivity index (χ1n) is 6.87. The van der Waals surface area contributed by atoms with Gasteiger partial charge in [-0.2, -0.15) is 0 Å². The highest BCUT2D eigenvalue weighted by Gasteiger charge is 2.35. The number of hydrogen-bond donors (Lipinski definition) is 0. The van der Waals surface area contributed by atoms with Crippen LogP contribution in [0.15, 0.2) is 11.6 Å². The van der Waals surface area contributed by atoms with E-state index in [1.54, 1.807) is 5.57 Å². The third-order valence-electron chi connectivity index (χ3n) is 4.19. The maximum Gasteiger partial charge on any atom is 0.0634 e. The number of hydrogen-bond acceptors (Lipinski definition) is 1. The molecule has 3 atom stereocenters. The van der Waals surface area contributed by atoms with Crippen molar-refractivity contribution in [2.24, 2.45) is 11.3 Å². The molecule has 1 aliphatic carbocycles. The topological polar surface area (TPSA) is 9.23 Å². The molecule has 0 bridgehead atoms. The first-order chi connectivity index (χ1) is 7.55. The van der Waals surface area contributed by atoms with Gasteiger partial charge in [-0.05, 0) is 39.0 Å². The van der Waals surface area contributed by atoms with Crippen LogP contribution < -0.4 is 0 Å². The van der Waals surface area contributed by atoms with E-state index in [0.29, 0.717) is 6.10 Å². The van der Waals surface area contributed by atoms with Crippen molar-refractivity contribution >= 4 is 0 Å². The lowest BCUT2D eigenvalue weighted by molar-refractivity contribution is -0.00731. The maximum atomic E-state index is 5.83. The van der Waals surface area contributed by atoms with E-state index in [1.165, 1.54) is 25.7 Å². The Balaban J connectivity index is 2.83. The van der Waals surface area contributed by atoms with Gasteiger partial charge in [0.25, 0.3) is 0 Å². The molecule has 0 aromatic carbocycles. The van der Waals surface area contributed by atoms with Crippen molar-refractivity contribution in [3.05, 3.63) is 11.6 Å². The molecule has 0 amide bonds. The summed E-state index contributed by atoms with van der Waals surface area (Å²) >= 11 is 0. The molecule has 0 aromatic rings. The number of allylic oxidation sites excluding steroid dienone is 1. The minimum Gasteiger partial charge on any atom is -0.378 e. The highest BCUT2D eigenvalue weighted by Crippen LogP contribution is 2.42. The van der Waals surface area contributed by atoms with Crippen LogP contribution >= 0.6 is 0 Å².